The van der Waals surface area contributed by atoms with Crippen molar-refractivity contribution in [3.05, 3.63) is 70.9 Å². The van der Waals surface area contributed by atoms with Crippen LogP contribution in [0.5, 0.6) is 5.75 Å². The molecule has 0 bridgehead atoms. The number of methoxy groups -OCH3 is 1. The number of allylic oxidation sites excluding steroid dienone is 1. The van der Waals surface area contributed by atoms with Gasteiger partial charge in [-0.3, -0.25) is 9.59 Å². The van der Waals surface area contributed by atoms with E-state index in [-0.39, 0.29) is 34.8 Å². The first-order valence-electron chi connectivity index (χ1n) is 9.44. The van der Waals surface area contributed by atoms with Crippen LogP contribution in [0.15, 0.2) is 59.8 Å². The zero-order valence-corrected chi connectivity index (χ0v) is 17.3. The molecule has 0 radical (unpaired) electrons. The molecule has 3 N–H and O–H groups in total. The van der Waals surface area contributed by atoms with E-state index in [9.17, 15) is 14.4 Å². The highest BCUT2D eigenvalue weighted by molar-refractivity contribution is 6.04. The number of amides is 1. The quantitative estimate of drug-likeness (QED) is 0.361. The van der Waals surface area contributed by atoms with Crippen molar-refractivity contribution in [2.45, 2.75) is 19.8 Å². The fourth-order valence-electron chi connectivity index (χ4n) is 2.68. The van der Waals surface area contributed by atoms with E-state index >= 15 is 0 Å². The third-order valence-electron chi connectivity index (χ3n) is 4.34. The minimum Gasteiger partial charge on any atom is -0.497 e. The molecule has 0 fully saturated rings. The van der Waals surface area contributed by atoms with Crippen LogP contribution in [-0.2, 0) is 20.7 Å². The molecule has 160 valence electrons. The summed E-state index contributed by atoms with van der Waals surface area (Å²) in [5.41, 5.74) is 6.60. The Morgan fingerprint density at radius 1 is 1.10 bits per heavy atom. The monoisotopic (exact) mass is 421 g/mol. The molecule has 1 amide bonds. The van der Waals surface area contributed by atoms with Gasteiger partial charge in [0.25, 0.3) is 0 Å². The van der Waals surface area contributed by atoms with Gasteiger partial charge in [-0.2, -0.15) is 5.26 Å². The van der Waals surface area contributed by atoms with Crippen LogP contribution in [0, 0.1) is 11.3 Å². The van der Waals surface area contributed by atoms with E-state index in [1.807, 2.05) is 24.3 Å². The van der Waals surface area contributed by atoms with E-state index < -0.39 is 18.4 Å². The van der Waals surface area contributed by atoms with E-state index in [0.29, 0.717) is 6.42 Å². The second-order valence-corrected chi connectivity index (χ2v) is 6.61. The van der Waals surface area contributed by atoms with Crippen LogP contribution in [-0.4, -0.2) is 31.4 Å². The van der Waals surface area contributed by atoms with Crippen molar-refractivity contribution in [3.63, 3.8) is 0 Å². The van der Waals surface area contributed by atoms with Gasteiger partial charge < -0.3 is 20.5 Å². The number of anilines is 1. The molecule has 0 saturated carbocycles. The van der Waals surface area contributed by atoms with Crippen LogP contribution in [0.25, 0.3) is 0 Å². The average molecular weight is 421 g/mol. The Morgan fingerprint density at radius 3 is 2.39 bits per heavy atom. The Hall–Kier alpha value is -4.12. The largest absolute Gasteiger partial charge is 0.497 e. The summed E-state index contributed by atoms with van der Waals surface area (Å²) in [6.45, 7) is 0.783. The van der Waals surface area contributed by atoms with Gasteiger partial charge in [-0.05, 0) is 43.2 Å². The fourth-order valence-corrected chi connectivity index (χ4v) is 2.68. The second kappa shape index (κ2) is 11.2. The van der Waals surface area contributed by atoms with Gasteiger partial charge in [0.1, 0.15) is 17.4 Å². The molecule has 8 nitrogen and oxygen atoms in total. The number of nitrogens with two attached hydrogens (primary N) is 1. The first-order chi connectivity index (χ1) is 14.8. The average Bonchev–Trinajstić information content (AvgIpc) is 2.77. The zero-order valence-electron chi connectivity index (χ0n) is 17.3. The molecule has 0 aromatic heterocycles. The van der Waals surface area contributed by atoms with E-state index in [1.165, 1.54) is 13.0 Å². The first kappa shape index (κ1) is 23.2. The summed E-state index contributed by atoms with van der Waals surface area (Å²) < 4.78 is 10.1. The van der Waals surface area contributed by atoms with Gasteiger partial charge in [0.05, 0.1) is 18.4 Å². The third-order valence-corrected chi connectivity index (χ3v) is 4.34. The number of carbonyl (C=O) groups is 3. The van der Waals surface area contributed by atoms with E-state index in [4.69, 9.17) is 20.5 Å². The number of hydrogen-bond donors (Lipinski definition) is 2. The minimum absolute atomic E-state index is 0.0491. The molecule has 31 heavy (non-hydrogen) atoms. The third kappa shape index (κ3) is 6.72. The van der Waals surface area contributed by atoms with Gasteiger partial charge in [-0.1, -0.05) is 24.3 Å². The van der Waals surface area contributed by atoms with Gasteiger partial charge in [0.2, 0.25) is 11.7 Å². The number of aryl methyl sites for hydroxylation is 1. The number of benzene rings is 2. The maximum atomic E-state index is 12.4. The van der Waals surface area contributed by atoms with E-state index in [2.05, 4.69) is 5.32 Å². The van der Waals surface area contributed by atoms with Crippen molar-refractivity contribution in [1.82, 2.24) is 0 Å². The number of ketones is 1. The Labute approximate surface area is 180 Å². The van der Waals surface area contributed by atoms with Crippen LogP contribution >= 0.6 is 0 Å². The number of para-hydroxylation sites is 1. The summed E-state index contributed by atoms with van der Waals surface area (Å²) in [6.07, 6.45) is 0.721. The topological polar surface area (TPSA) is 132 Å². The first-order valence-corrected chi connectivity index (χ1v) is 9.44. The number of nitrogens with zero attached hydrogens (tertiary/aromatic N) is 1. The molecular weight excluding hydrogens is 398 g/mol. The van der Waals surface area contributed by atoms with Crippen molar-refractivity contribution in [1.29, 1.82) is 5.26 Å². The molecule has 0 spiro atoms. The van der Waals surface area contributed by atoms with E-state index in [1.54, 1.807) is 31.4 Å². The molecular formula is C23H23N3O5. The lowest BCUT2D eigenvalue weighted by Crippen LogP contribution is -2.19. The van der Waals surface area contributed by atoms with Crippen molar-refractivity contribution in [2.24, 2.45) is 5.73 Å². The highest BCUT2D eigenvalue weighted by Gasteiger charge is 2.18. The molecule has 2 aromatic carbocycles. The summed E-state index contributed by atoms with van der Waals surface area (Å²) in [5, 5.41) is 11.6. The number of ether oxygens (including phenoxy) is 2. The highest BCUT2D eigenvalue weighted by Crippen LogP contribution is 2.18. The zero-order chi connectivity index (χ0) is 22.8. The summed E-state index contributed by atoms with van der Waals surface area (Å²) in [5.74, 6) is -1.04. The number of nitrogens with one attached hydrogen (secondary N) is 1. The lowest BCUT2D eigenvalue weighted by molar-refractivity contribution is -0.118. The van der Waals surface area contributed by atoms with Gasteiger partial charge in [-0.15, -0.1) is 0 Å². The minimum atomic E-state index is -0.800. The Morgan fingerprint density at radius 2 is 1.77 bits per heavy atom. The summed E-state index contributed by atoms with van der Waals surface area (Å²) in [4.78, 5) is 36.7. The molecule has 0 saturated heterocycles. The van der Waals surface area contributed by atoms with Crippen molar-refractivity contribution in [2.75, 3.05) is 19.0 Å². The Balaban J connectivity index is 1.98. The Kier molecular flexibility index (Phi) is 8.34. The van der Waals surface area contributed by atoms with Crippen LogP contribution in [0.4, 0.5) is 5.69 Å². The predicted molar refractivity (Wildman–Crippen MR) is 114 cm³/mol. The molecule has 0 aliphatic rings. The molecule has 2 rings (SSSR count). The molecule has 0 heterocycles. The maximum absolute atomic E-state index is 12.4. The molecule has 8 heteroatoms. The van der Waals surface area contributed by atoms with E-state index in [0.717, 1.165) is 11.3 Å². The molecule has 2 aromatic rings. The SMILES string of the molecule is COc1ccc(CCC(=O)Nc2ccccc2C(=O)OCC(=O)/C(C#N)=C(/C)N)cc1. The molecule has 0 aliphatic carbocycles. The van der Waals surface area contributed by atoms with Gasteiger partial charge in [-0.25, -0.2) is 4.79 Å². The number of rotatable bonds is 9. The fraction of sp³-hybridized carbons (Fsp3) is 0.217. The maximum Gasteiger partial charge on any atom is 0.340 e. The van der Waals surface area contributed by atoms with Crippen LogP contribution < -0.4 is 15.8 Å². The number of esters is 1. The van der Waals surface area contributed by atoms with Gasteiger partial charge in [0, 0.05) is 12.1 Å². The van der Waals surface area contributed by atoms with Crippen molar-refractivity contribution >= 4 is 23.3 Å². The number of carbonyl (C=O) groups excluding carboxylic acids is 3. The van der Waals surface area contributed by atoms with Gasteiger partial charge >= 0.3 is 5.97 Å². The summed E-state index contributed by atoms with van der Waals surface area (Å²) >= 11 is 0. The molecule has 0 atom stereocenters. The van der Waals surface area contributed by atoms with Gasteiger partial charge in [0.15, 0.2) is 6.61 Å². The number of Topliss-reactive ketones (excluding diaryl/α,β-unsaturated/α-hetero) is 1. The predicted octanol–water partition coefficient (Wildman–Crippen LogP) is 2.75. The molecule has 0 unspecified atom stereocenters. The number of hydrogen-bond acceptors (Lipinski definition) is 7. The lowest BCUT2D eigenvalue weighted by atomic mass is 10.1. The normalized spacial score (nSPS) is 11.0. The lowest BCUT2D eigenvalue weighted by Gasteiger charge is -2.11. The van der Waals surface area contributed by atoms with Crippen molar-refractivity contribution < 1.29 is 23.9 Å². The Bertz CT molecular complexity index is 1030. The van der Waals surface area contributed by atoms with Crippen molar-refractivity contribution in [3.8, 4) is 11.8 Å². The number of nitriles is 1. The highest BCUT2D eigenvalue weighted by atomic mass is 16.5. The standard InChI is InChI=1S/C23H23N3O5/c1-15(25)19(13-24)21(27)14-31-23(29)18-5-3-4-6-20(18)26-22(28)12-9-16-7-10-17(30-2)11-8-16/h3-8,10-11H,9,12,14,25H2,1-2H3,(H,26,28)/b19-15-. The second-order valence-electron chi connectivity index (χ2n) is 6.61. The smallest absolute Gasteiger partial charge is 0.340 e. The van der Waals surface area contributed by atoms with Crippen LogP contribution in [0.1, 0.15) is 29.3 Å². The van der Waals surface area contributed by atoms with Crippen LogP contribution in [0.2, 0.25) is 0 Å². The molecule has 0 aliphatic heterocycles. The summed E-state index contributed by atoms with van der Waals surface area (Å²) in [6, 6.07) is 15.4. The summed E-state index contributed by atoms with van der Waals surface area (Å²) in [7, 11) is 1.58. The van der Waals surface area contributed by atoms with Crippen LogP contribution in [0.3, 0.4) is 0 Å².